The van der Waals surface area contributed by atoms with Gasteiger partial charge in [0.15, 0.2) is 0 Å². The predicted molar refractivity (Wildman–Crippen MR) is 212 cm³/mol. The van der Waals surface area contributed by atoms with E-state index in [4.69, 9.17) is 4.74 Å². The largest absolute Gasteiger partial charge is 0.481 e. The lowest BCUT2D eigenvalue weighted by atomic mass is 9.43. The van der Waals surface area contributed by atoms with Crippen LogP contribution in [0.1, 0.15) is 176 Å². The SMILES string of the molecule is C[C@H](CCC(=O)O)[C@H]1CC[C@H]2[C@@H]3CCC4C[C@H](OC(=O)CC[C@@H](C)[C@H]5CCC6C7C(CC[C@@]65C)[C@@]5(C)CC[C@@H](O)CC5C[C@H]7O)CC[C@]4(C)[C@H]3CC[C@]12C. The fraction of sp³-hybridized carbons (Fsp3) is 0.958. The van der Waals surface area contributed by atoms with Crippen LogP contribution in [0.15, 0.2) is 0 Å². The number of ether oxygens (including phenoxy) is 1. The summed E-state index contributed by atoms with van der Waals surface area (Å²) in [6.45, 7) is 14.9. The molecule has 0 aromatic rings. The smallest absolute Gasteiger partial charge is 0.306 e. The molecule has 8 saturated carbocycles. The van der Waals surface area contributed by atoms with Gasteiger partial charge < -0.3 is 20.1 Å². The van der Waals surface area contributed by atoms with Crippen LogP contribution < -0.4 is 0 Å². The molecule has 306 valence electrons. The Bertz CT molecular complexity index is 1400. The van der Waals surface area contributed by atoms with Crippen molar-refractivity contribution in [2.45, 2.75) is 195 Å². The number of hydrogen-bond donors (Lipinski definition) is 3. The number of carbonyl (C=O) groups excluding carboxylic acids is 1. The minimum atomic E-state index is -0.655. The minimum absolute atomic E-state index is 0.0242. The first-order valence-corrected chi connectivity index (χ1v) is 23.4. The molecule has 8 aliphatic carbocycles. The average molecular weight is 751 g/mol. The van der Waals surface area contributed by atoms with E-state index in [2.05, 4.69) is 41.5 Å². The summed E-state index contributed by atoms with van der Waals surface area (Å²) in [6, 6.07) is 0. The lowest BCUT2D eigenvalue weighted by Gasteiger charge is -2.62. The highest BCUT2D eigenvalue weighted by molar-refractivity contribution is 5.69. The van der Waals surface area contributed by atoms with E-state index in [0.717, 1.165) is 69.1 Å². The highest BCUT2D eigenvalue weighted by Gasteiger charge is 2.64. The molecule has 54 heavy (non-hydrogen) atoms. The Balaban J connectivity index is 0.831. The van der Waals surface area contributed by atoms with Gasteiger partial charge in [-0.3, -0.25) is 9.59 Å². The number of carboxylic acids is 1. The molecule has 8 aliphatic rings. The zero-order valence-electron chi connectivity index (χ0n) is 35.1. The molecule has 5 unspecified atom stereocenters. The van der Waals surface area contributed by atoms with Crippen molar-refractivity contribution in [2.75, 3.05) is 0 Å². The van der Waals surface area contributed by atoms with E-state index < -0.39 is 5.97 Å². The number of aliphatic carboxylic acids is 1. The second-order valence-electron chi connectivity index (χ2n) is 22.6. The molecule has 0 heterocycles. The van der Waals surface area contributed by atoms with Crippen LogP contribution in [0.25, 0.3) is 0 Å². The van der Waals surface area contributed by atoms with E-state index >= 15 is 0 Å². The zero-order valence-corrected chi connectivity index (χ0v) is 35.1. The Kier molecular flexibility index (Phi) is 10.7. The van der Waals surface area contributed by atoms with Gasteiger partial charge in [0.05, 0.1) is 12.2 Å². The van der Waals surface area contributed by atoms with Crippen molar-refractivity contribution >= 4 is 11.9 Å². The maximum atomic E-state index is 13.5. The van der Waals surface area contributed by atoms with E-state index in [-0.39, 0.29) is 35.1 Å². The van der Waals surface area contributed by atoms with Crippen molar-refractivity contribution in [2.24, 2.45) is 92.7 Å². The molecule has 0 bridgehead atoms. The van der Waals surface area contributed by atoms with Gasteiger partial charge in [-0.1, -0.05) is 41.5 Å². The lowest BCUT2D eigenvalue weighted by molar-refractivity contribution is -0.174. The fourth-order valence-electron chi connectivity index (χ4n) is 17.8. The summed E-state index contributed by atoms with van der Waals surface area (Å²) in [6.07, 6.45) is 21.9. The van der Waals surface area contributed by atoms with Crippen LogP contribution in [0.4, 0.5) is 0 Å². The first kappa shape index (κ1) is 39.7. The molecular weight excluding hydrogens is 673 g/mol. The molecule has 0 aromatic carbocycles. The highest BCUT2D eigenvalue weighted by atomic mass is 16.5. The van der Waals surface area contributed by atoms with Gasteiger partial charge in [0.1, 0.15) is 6.10 Å². The van der Waals surface area contributed by atoms with Crippen molar-refractivity contribution in [1.29, 1.82) is 0 Å². The molecule has 19 atom stereocenters. The van der Waals surface area contributed by atoms with Crippen LogP contribution in [-0.4, -0.2) is 45.6 Å². The number of aliphatic hydroxyl groups is 2. The number of aliphatic hydroxyl groups excluding tert-OH is 2. The Morgan fingerprint density at radius 3 is 1.87 bits per heavy atom. The predicted octanol–water partition coefficient (Wildman–Crippen LogP) is 10.5. The number of hydrogen-bond acceptors (Lipinski definition) is 5. The summed E-state index contributed by atoms with van der Waals surface area (Å²) >= 11 is 0. The van der Waals surface area contributed by atoms with Gasteiger partial charge in [0.2, 0.25) is 0 Å². The zero-order chi connectivity index (χ0) is 38.4. The molecule has 6 heteroatoms. The van der Waals surface area contributed by atoms with Gasteiger partial charge in [0.25, 0.3) is 0 Å². The molecule has 8 fully saturated rings. The van der Waals surface area contributed by atoms with E-state index in [1.54, 1.807) is 0 Å². The normalized spacial score (nSPS) is 52.0. The fourth-order valence-corrected chi connectivity index (χ4v) is 17.8. The third-order valence-corrected chi connectivity index (χ3v) is 20.7. The maximum absolute atomic E-state index is 13.5. The van der Waals surface area contributed by atoms with Crippen molar-refractivity contribution in [1.82, 2.24) is 0 Å². The summed E-state index contributed by atoms with van der Waals surface area (Å²) in [4.78, 5) is 24.8. The monoisotopic (exact) mass is 751 g/mol. The summed E-state index contributed by atoms with van der Waals surface area (Å²) in [5, 5.41) is 31.4. The molecule has 6 nitrogen and oxygen atoms in total. The summed E-state index contributed by atoms with van der Waals surface area (Å²) in [5.41, 5.74) is 1.21. The van der Waals surface area contributed by atoms with E-state index in [9.17, 15) is 24.9 Å². The third kappa shape index (κ3) is 6.46. The van der Waals surface area contributed by atoms with Crippen LogP contribution >= 0.6 is 0 Å². The van der Waals surface area contributed by atoms with E-state index in [0.29, 0.717) is 76.9 Å². The quantitative estimate of drug-likeness (QED) is 0.203. The molecule has 8 rings (SSSR count). The van der Waals surface area contributed by atoms with Crippen LogP contribution in [0.2, 0.25) is 0 Å². The number of fused-ring (bicyclic) bond motifs is 10. The van der Waals surface area contributed by atoms with Crippen molar-refractivity contribution < 1.29 is 29.6 Å². The van der Waals surface area contributed by atoms with Crippen molar-refractivity contribution in [3.05, 3.63) is 0 Å². The first-order chi connectivity index (χ1) is 25.6. The molecule has 3 N–H and O–H groups in total. The first-order valence-electron chi connectivity index (χ1n) is 23.4. The number of carbonyl (C=O) groups is 2. The van der Waals surface area contributed by atoms with Crippen LogP contribution in [-0.2, 0) is 14.3 Å². The average Bonchev–Trinajstić information content (AvgIpc) is 3.67. The summed E-state index contributed by atoms with van der Waals surface area (Å²) in [5.74, 6) is 6.61. The standard InChI is InChI=1S/C48H78O6/c1-28(7-15-42(51)52)35-11-13-37-34-10-9-30-26-33(18-22-45(30,3)38(34)19-23-47(35,37)5)54-43(53)16-8-29(2)36-12-14-39-44-40(20-24-48(36,39)6)46(4)21-17-32(49)25-31(46)27-41(44)50/h28-41,44,49-50H,7-27H2,1-6H3,(H,51,52)/t28-,29-,30?,31?,32-,33-,34+,35-,36-,37+,38+,39?,40?,41-,44?,45+,46+,47-,48-/m1/s1. The third-order valence-electron chi connectivity index (χ3n) is 20.7. The minimum Gasteiger partial charge on any atom is -0.481 e. The Labute approximate surface area is 328 Å². The summed E-state index contributed by atoms with van der Waals surface area (Å²) in [7, 11) is 0. The van der Waals surface area contributed by atoms with Gasteiger partial charge in [-0.05, 0) is 215 Å². The maximum Gasteiger partial charge on any atom is 0.306 e. The van der Waals surface area contributed by atoms with E-state index in [1.807, 2.05) is 0 Å². The van der Waals surface area contributed by atoms with Gasteiger partial charge in [0, 0.05) is 12.8 Å². The van der Waals surface area contributed by atoms with Gasteiger partial charge in [-0.2, -0.15) is 0 Å². The van der Waals surface area contributed by atoms with Crippen LogP contribution in [0.5, 0.6) is 0 Å². The molecule has 0 spiro atoms. The summed E-state index contributed by atoms with van der Waals surface area (Å²) < 4.78 is 6.35. The topological polar surface area (TPSA) is 104 Å². The van der Waals surface area contributed by atoms with Crippen LogP contribution in [0, 0.1) is 92.7 Å². The Hall–Kier alpha value is -1.14. The number of rotatable bonds is 9. The second kappa shape index (κ2) is 14.6. The lowest BCUT2D eigenvalue weighted by Crippen LogP contribution is -2.58. The highest BCUT2D eigenvalue weighted by Crippen LogP contribution is 2.70. The molecular formula is C48H78O6. The Morgan fingerprint density at radius 2 is 1.17 bits per heavy atom. The molecule has 0 aromatic heterocycles. The van der Waals surface area contributed by atoms with Gasteiger partial charge in [-0.15, -0.1) is 0 Å². The van der Waals surface area contributed by atoms with Crippen molar-refractivity contribution in [3.8, 4) is 0 Å². The van der Waals surface area contributed by atoms with Crippen molar-refractivity contribution in [3.63, 3.8) is 0 Å². The van der Waals surface area contributed by atoms with Gasteiger partial charge in [-0.25, -0.2) is 0 Å². The molecule has 0 amide bonds. The van der Waals surface area contributed by atoms with Gasteiger partial charge >= 0.3 is 11.9 Å². The van der Waals surface area contributed by atoms with Crippen LogP contribution in [0.3, 0.4) is 0 Å². The second-order valence-corrected chi connectivity index (χ2v) is 22.6. The number of esters is 1. The molecule has 0 aliphatic heterocycles. The molecule has 0 radical (unpaired) electrons. The molecule has 0 saturated heterocycles. The van der Waals surface area contributed by atoms with E-state index in [1.165, 1.54) is 70.6 Å². The number of carboxylic acid groups (broad SMARTS) is 1. The Morgan fingerprint density at radius 1 is 0.611 bits per heavy atom.